The Morgan fingerprint density at radius 1 is 1.42 bits per heavy atom. The standard InChI is InChI=1S/C15H22N2O2/c1-6-9-12(18)17-11-8-10-15(17,7-2)13(19)16-14(3,4)5/h6-10H,2,11H2,1,3-5H3,(H,16,19)/b9-6+. The summed E-state index contributed by atoms with van der Waals surface area (Å²) in [6.07, 6.45) is 8.17. The van der Waals surface area contributed by atoms with Gasteiger partial charge < -0.3 is 10.2 Å². The van der Waals surface area contributed by atoms with E-state index in [0.29, 0.717) is 6.54 Å². The molecule has 104 valence electrons. The molecule has 0 aromatic carbocycles. The third kappa shape index (κ3) is 3.13. The summed E-state index contributed by atoms with van der Waals surface area (Å²) in [6, 6.07) is 0. The fraction of sp³-hybridized carbons (Fsp3) is 0.467. The fourth-order valence-electron chi connectivity index (χ4n) is 1.99. The largest absolute Gasteiger partial charge is 0.349 e. The molecule has 0 radical (unpaired) electrons. The van der Waals surface area contributed by atoms with Crippen LogP contribution in [0.4, 0.5) is 0 Å². The molecule has 19 heavy (non-hydrogen) atoms. The van der Waals surface area contributed by atoms with Crippen LogP contribution in [0.5, 0.6) is 0 Å². The summed E-state index contributed by atoms with van der Waals surface area (Å²) in [5, 5.41) is 2.90. The molecule has 0 saturated heterocycles. The summed E-state index contributed by atoms with van der Waals surface area (Å²) in [5.74, 6) is -0.432. The Labute approximate surface area is 114 Å². The first-order valence-corrected chi connectivity index (χ1v) is 6.35. The number of nitrogens with one attached hydrogen (secondary N) is 1. The molecule has 2 amide bonds. The van der Waals surface area contributed by atoms with Crippen molar-refractivity contribution < 1.29 is 9.59 Å². The normalized spacial score (nSPS) is 22.8. The molecule has 0 aromatic heterocycles. The Balaban J connectivity index is 3.07. The molecule has 4 nitrogen and oxygen atoms in total. The molecule has 0 aromatic rings. The quantitative estimate of drug-likeness (QED) is 0.623. The van der Waals surface area contributed by atoms with E-state index in [1.54, 1.807) is 19.1 Å². The van der Waals surface area contributed by atoms with Gasteiger partial charge >= 0.3 is 0 Å². The maximum atomic E-state index is 12.5. The van der Waals surface area contributed by atoms with Gasteiger partial charge in [-0.05, 0) is 39.8 Å². The van der Waals surface area contributed by atoms with Crippen molar-refractivity contribution in [3.8, 4) is 0 Å². The lowest BCUT2D eigenvalue weighted by molar-refractivity contribution is -0.138. The number of allylic oxidation sites excluding steroid dienone is 1. The van der Waals surface area contributed by atoms with Gasteiger partial charge in [0.15, 0.2) is 5.54 Å². The number of hydrogen-bond acceptors (Lipinski definition) is 2. The molecule has 1 atom stereocenters. The molecule has 4 heteroatoms. The van der Waals surface area contributed by atoms with Crippen molar-refractivity contribution in [2.45, 2.75) is 38.8 Å². The molecule has 0 aliphatic carbocycles. The number of hydrogen-bond donors (Lipinski definition) is 1. The Morgan fingerprint density at radius 2 is 2.05 bits per heavy atom. The molecular weight excluding hydrogens is 240 g/mol. The number of amides is 2. The van der Waals surface area contributed by atoms with E-state index in [0.717, 1.165) is 0 Å². The first kappa shape index (κ1) is 15.2. The van der Waals surface area contributed by atoms with Gasteiger partial charge in [-0.2, -0.15) is 0 Å². The van der Waals surface area contributed by atoms with Crippen molar-refractivity contribution in [1.29, 1.82) is 0 Å². The Kier molecular flexibility index (Phi) is 4.35. The van der Waals surface area contributed by atoms with Crippen molar-refractivity contribution in [3.05, 3.63) is 37.0 Å². The van der Waals surface area contributed by atoms with Crippen LogP contribution in [0.15, 0.2) is 37.0 Å². The lowest BCUT2D eigenvalue weighted by Gasteiger charge is -2.36. The van der Waals surface area contributed by atoms with E-state index in [4.69, 9.17) is 0 Å². The minimum atomic E-state index is -1.09. The van der Waals surface area contributed by atoms with Crippen LogP contribution >= 0.6 is 0 Å². The minimum Gasteiger partial charge on any atom is -0.349 e. The maximum Gasteiger partial charge on any atom is 0.254 e. The van der Waals surface area contributed by atoms with E-state index >= 15 is 0 Å². The lowest BCUT2D eigenvalue weighted by atomic mass is 9.96. The number of carbonyl (C=O) groups excluding carboxylic acids is 2. The van der Waals surface area contributed by atoms with Crippen LogP contribution in [0.2, 0.25) is 0 Å². The van der Waals surface area contributed by atoms with Crippen LogP contribution in [0.25, 0.3) is 0 Å². The smallest absolute Gasteiger partial charge is 0.254 e. The zero-order chi connectivity index (χ0) is 14.7. The van der Waals surface area contributed by atoms with Gasteiger partial charge in [0, 0.05) is 12.1 Å². The van der Waals surface area contributed by atoms with Crippen molar-refractivity contribution in [2.75, 3.05) is 6.54 Å². The van der Waals surface area contributed by atoms with Crippen molar-refractivity contribution in [1.82, 2.24) is 10.2 Å². The van der Waals surface area contributed by atoms with Crippen molar-refractivity contribution >= 4 is 11.8 Å². The topological polar surface area (TPSA) is 49.4 Å². The summed E-state index contributed by atoms with van der Waals surface area (Å²) in [7, 11) is 0. The molecule has 1 aliphatic rings. The fourth-order valence-corrected chi connectivity index (χ4v) is 1.99. The third-order valence-corrected chi connectivity index (χ3v) is 2.85. The first-order chi connectivity index (χ1) is 8.77. The molecule has 1 aliphatic heterocycles. The molecule has 0 spiro atoms. The Morgan fingerprint density at radius 3 is 2.53 bits per heavy atom. The van der Waals surface area contributed by atoms with Gasteiger partial charge in [-0.3, -0.25) is 9.59 Å². The van der Waals surface area contributed by atoms with Gasteiger partial charge in [0.1, 0.15) is 0 Å². The highest BCUT2D eigenvalue weighted by molar-refractivity contribution is 5.99. The molecule has 0 fully saturated rings. The summed E-state index contributed by atoms with van der Waals surface area (Å²) < 4.78 is 0. The predicted octanol–water partition coefficient (Wildman–Crippen LogP) is 1.80. The maximum absolute atomic E-state index is 12.5. The second-order valence-corrected chi connectivity index (χ2v) is 5.58. The van der Waals surface area contributed by atoms with Crippen LogP contribution in [0.3, 0.4) is 0 Å². The van der Waals surface area contributed by atoms with E-state index < -0.39 is 5.54 Å². The Bertz CT molecular complexity index is 444. The zero-order valence-corrected chi connectivity index (χ0v) is 12.1. The Hall–Kier alpha value is -1.84. The van der Waals surface area contributed by atoms with E-state index in [1.165, 1.54) is 17.1 Å². The molecule has 1 unspecified atom stereocenters. The molecule has 1 N–H and O–H groups in total. The number of carbonyl (C=O) groups is 2. The van der Waals surface area contributed by atoms with Gasteiger partial charge in [-0.1, -0.05) is 24.8 Å². The minimum absolute atomic E-state index is 0.198. The predicted molar refractivity (Wildman–Crippen MR) is 76.5 cm³/mol. The molecule has 1 rings (SSSR count). The van der Waals surface area contributed by atoms with Gasteiger partial charge in [0.25, 0.3) is 5.91 Å². The zero-order valence-electron chi connectivity index (χ0n) is 12.1. The van der Waals surface area contributed by atoms with Gasteiger partial charge in [0.2, 0.25) is 5.91 Å². The summed E-state index contributed by atoms with van der Waals surface area (Å²) in [4.78, 5) is 26.0. The van der Waals surface area contributed by atoms with E-state index in [1.807, 2.05) is 26.8 Å². The highest BCUT2D eigenvalue weighted by atomic mass is 16.2. The number of nitrogens with zero attached hydrogens (tertiary/aromatic N) is 1. The molecule has 1 heterocycles. The molecular formula is C15H22N2O2. The van der Waals surface area contributed by atoms with Gasteiger partial charge in [-0.25, -0.2) is 0 Å². The first-order valence-electron chi connectivity index (χ1n) is 6.35. The van der Waals surface area contributed by atoms with E-state index in [2.05, 4.69) is 11.9 Å². The van der Waals surface area contributed by atoms with Crippen LogP contribution in [0.1, 0.15) is 27.7 Å². The third-order valence-electron chi connectivity index (χ3n) is 2.85. The van der Waals surface area contributed by atoms with Gasteiger partial charge in [-0.15, -0.1) is 0 Å². The highest BCUT2D eigenvalue weighted by Crippen LogP contribution is 2.26. The van der Waals surface area contributed by atoms with Gasteiger partial charge in [0.05, 0.1) is 0 Å². The molecule has 0 bridgehead atoms. The second kappa shape index (κ2) is 5.43. The molecule has 0 saturated carbocycles. The van der Waals surface area contributed by atoms with Crippen molar-refractivity contribution in [2.24, 2.45) is 0 Å². The van der Waals surface area contributed by atoms with Crippen LogP contribution in [-0.2, 0) is 9.59 Å². The van der Waals surface area contributed by atoms with Crippen LogP contribution in [0, 0.1) is 0 Å². The lowest BCUT2D eigenvalue weighted by Crippen LogP contribution is -2.59. The summed E-state index contributed by atoms with van der Waals surface area (Å²) in [6.45, 7) is 11.6. The number of rotatable bonds is 3. The van der Waals surface area contributed by atoms with Crippen molar-refractivity contribution in [3.63, 3.8) is 0 Å². The van der Waals surface area contributed by atoms with E-state index in [9.17, 15) is 9.59 Å². The summed E-state index contributed by atoms with van der Waals surface area (Å²) in [5.41, 5.74) is -1.46. The van der Waals surface area contributed by atoms with E-state index in [-0.39, 0.29) is 17.4 Å². The van der Waals surface area contributed by atoms with Crippen LogP contribution < -0.4 is 5.32 Å². The summed E-state index contributed by atoms with van der Waals surface area (Å²) >= 11 is 0. The second-order valence-electron chi connectivity index (χ2n) is 5.58. The monoisotopic (exact) mass is 262 g/mol. The highest BCUT2D eigenvalue weighted by Gasteiger charge is 2.44. The average Bonchev–Trinajstić information content (AvgIpc) is 2.71. The SMILES string of the molecule is C=CC1(C(=O)NC(C)(C)C)C=CCN1C(=O)/C=C/C. The van der Waals surface area contributed by atoms with Crippen LogP contribution in [-0.4, -0.2) is 34.3 Å². The average molecular weight is 262 g/mol.